The van der Waals surface area contributed by atoms with Gasteiger partial charge in [-0.25, -0.2) is 31.8 Å². The molecule has 0 atom stereocenters. The molecule has 0 aliphatic heterocycles. The van der Waals surface area contributed by atoms with E-state index in [-0.39, 0.29) is 33.8 Å². The summed E-state index contributed by atoms with van der Waals surface area (Å²) in [4.78, 5) is 25.8. The Bertz CT molecular complexity index is 1560. The highest BCUT2D eigenvalue weighted by Gasteiger charge is 2.32. The molecule has 0 saturated heterocycles. The van der Waals surface area contributed by atoms with Crippen LogP contribution >= 0.6 is 15.9 Å². The first-order valence-electron chi connectivity index (χ1n) is 11.5. The summed E-state index contributed by atoms with van der Waals surface area (Å²) >= 11 is 2.81. The van der Waals surface area contributed by atoms with Gasteiger partial charge in [-0.15, -0.1) is 0 Å². The number of aromatic nitrogens is 4. The maximum atomic E-state index is 13.8. The van der Waals surface area contributed by atoms with E-state index in [1.54, 1.807) is 30.3 Å². The van der Waals surface area contributed by atoms with Crippen LogP contribution in [0.1, 0.15) is 50.6 Å². The fraction of sp³-hybridized carbons (Fsp3) is 0.231. The first kappa shape index (κ1) is 28.8. The molecule has 2 aromatic heterocycles. The number of carbonyl (C=O) groups is 2. The van der Waals surface area contributed by atoms with Crippen LogP contribution in [-0.4, -0.2) is 52.8 Å². The van der Waals surface area contributed by atoms with Crippen molar-refractivity contribution in [2.45, 2.75) is 19.4 Å². The fourth-order valence-corrected chi connectivity index (χ4v) is 4.74. The van der Waals surface area contributed by atoms with Gasteiger partial charge in [0.1, 0.15) is 28.4 Å². The third kappa shape index (κ3) is 5.30. The second kappa shape index (κ2) is 11.9. The number of halogens is 5. The highest BCUT2D eigenvalue weighted by Crippen LogP contribution is 2.37. The van der Waals surface area contributed by atoms with Crippen molar-refractivity contribution in [2.24, 2.45) is 0 Å². The summed E-state index contributed by atoms with van der Waals surface area (Å²) in [5.74, 6) is -1.52. The lowest BCUT2D eigenvalue weighted by atomic mass is 10.0. The van der Waals surface area contributed by atoms with Crippen LogP contribution in [0.5, 0.6) is 5.75 Å². The summed E-state index contributed by atoms with van der Waals surface area (Å²) in [6.45, 7) is -0.390. The van der Waals surface area contributed by atoms with Gasteiger partial charge in [0.15, 0.2) is 5.69 Å². The molecule has 4 rings (SSSR count). The molecule has 0 aliphatic carbocycles. The van der Waals surface area contributed by atoms with Crippen molar-refractivity contribution in [2.75, 3.05) is 21.3 Å². The average Bonchev–Trinajstić information content (AvgIpc) is 3.51. The SMILES string of the molecule is COC(=O)c1c(-c2ccc(OC)c(Cn3nc(C(F)F)c(Br)c3C(F)F)c2)nn(-c2ccccc2)c1C(=O)OC. The zero-order valence-corrected chi connectivity index (χ0v) is 22.8. The predicted molar refractivity (Wildman–Crippen MR) is 137 cm³/mol. The second-order valence-electron chi connectivity index (χ2n) is 8.17. The van der Waals surface area contributed by atoms with Crippen molar-refractivity contribution in [1.29, 1.82) is 0 Å². The largest absolute Gasteiger partial charge is 0.496 e. The van der Waals surface area contributed by atoms with Crippen molar-refractivity contribution in [3.8, 4) is 22.7 Å². The number of carbonyl (C=O) groups excluding carboxylic acids is 2. The predicted octanol–water partition coefficient (Wildman–Crippen LogP) is 6.00. The van der Waals surface area contributed by atoms with Gasteiger partial charge in [0, 0.05) is 11.1 Å². The molecule has 210 valence electrons. The Hall–Kier alpha value is -4.20. The summed E-state index contributed by atoms with van der Waals surface area (Å²) in [5, 5.41) is 8.19. The number of ether oxygens (including phenoxy) is 3. The van der Waals surface area contributed by atoms with Gasteiger partial charge in [-0.3, -0.25) is 4.68 Å². The van der Waals surface area contributed by atoms with Gasteiger partial charge in [-0.1, -0.05) is 18.2 Å². The minimum Gasteiger partial charge on any atom is -0.496 e. The second-order valence-corrected chi connectivity index (χ2v) is 8.97. The molecule has 14 heteroatoms. The molecule has 0 radical (unpaired) electrons. The van der Waals surface area contributed by atoms with Crippen molar-refractivity contribution in [1.82, 2.24) is 19.6 Å². The van der Waals surface area contributed by atoms with Gasteiger partial charge >= 0.3 is 11.9 Å². The first-order chi connectivity index (χ1) is 19.1. The molecule has 2 heterocycles. The number of benzene rings is 2. The lowest BCUT2D eigenvalue weighted by Gasteiger charge is -2.13. The Balaban J connectivity index is 1.93. The van der Waals surface area contributed by atoms with Crippen LogP contribution < -0.4 is 4.74 Å². The van der Waals surface area contributed by atoms with Gasteiger partial charge in [-0.05, 0) is 46.3 Å². The smallest absolute Gasteiger partial charge is 0.357 e. The Morgan fingerprint density at radius 1 is 0.925 bits per heavy atom. The molecule has 0 amide bonds. The van der Waals surface area contributed by atoms with E-state index < -0.39 is 47.2 Å². The Morgan fingerprint density at radius 3 is 2.17 bits per heavy atom. The molecule has 2 aromatic carbocycles. The summed E-state index contributed by atoms with van der Waals surface area (Å²) in [7, 11) is 3.62. The van der Waals surface area contributed by atoms with Crippen LogP contribution in [0, 0.1) is 0 Å². The lowest BCUT2D eigenvalue weighted by Crippen LogP contribution is -2.15. The van der Waals surface area contributed by atoms with Crippen LogP contribution in [0.15, 0.2) is 53.0 Å². The molecule has 0 spiro atoms. The molecule has 0 bridgehead atoms. The lowest BCUT2D eigenvalue weighted by molar-refractivity contribution is 0.0549. The minimum absolute atomic E-state index is 0.0176. The van der Waals surface area contributed by atoms with E-state index in [4.69, 9.17) is 14.2 Å². The highest BCUT2D eigenvalue weighted by molar-refractivity contribution is 9.10. The number of hydrogen-bond donors (Lipinski definition) is 0. The summed E-state index contributed by atoms with van der Waals surface area (Å²) in [6.07, 6.45) is -6.21. The maximum absolute atomic E-state index is 13.8. The molecule has 0 aliphatic rings. The molecule has 9 nitrogen and oxygen atoms in total. The van der Waals surface area contributed by atoms with E-state index in [1.165, 1.54) is 30.0 Å². The zero-order valence-electron chi connectivity index (χ0n) is 21.2. The highest BCUT2D eigenvalue weighted by atomic mass is 79.9. The number of nitrogens with zero attached hydrogens (tertiary/aromatic N) is 4. The molecule has 40 heavy (non-hydrogen) atoms. The van der Waals surface area contributed by atoms with E-state index in [2.05, 4.69) is 26.1 Å². The first-order valence-corrected chi connectivity index (χ1v) is 12.3. The molecule has 4 aromatic rings. The Kier molecular flexibility index (Phi) is 8.57. The molecule has 0 saturated carbocycles. The van der Waals surface area contributed by atoms with Crippen molar-refractivity contribution in [3.05, 3.63) is 81.2 Å². The standard InChI is InChI=1S/C26H21BrF4N4O5/c1-38-16-10-9-13(11-14(16)12-34-22(24(30)31)18(27)20(32-34)23(28)29)19-17(25(36)39-2)21(26(37)40-3)35(33-19)15-7-5-4-6-8-15/h4-11,23-24H,12H2,1-3H3. The Labute approximate surface area is 233 Å². The van der Waals surface area contributed by atoms with E-state index in [9.17, 15) is 27.2 Å². The van der Waals surface area contributed by atoms with Crippen LogP contribution in [-0.2, 0) is 16.0 Å². The number of para-hydroxylation sites is 1. The molecule has 0 unspecified atom stereocenters. The van der Waals surface area contributed by atoms with Crippen LogP contribution in [0.3, 0.4) is 0 Å². The summed E-state index contributed by atoms with van der Waals surface area (Å²) in [6, 6.07) is 13.0. The third-order valence-corrected chi connectivity index (χ3v) is 6.71. The summed E-state index contributed by atoms with van der Waals surface area (Å²) < 4.78 is 71.2. The Morgan fingerprint density at radius 2 is 1.60 bits per heavy atom. The molecular weight excluding hydrogens is 604 g/mol. The molecule has 0 fully saturated rings. The number of alkyl halides is 4. The van der Waals surface area contributed by atoms with Crippen LogP contribution in [0.4, 0.5) is 17.6 Å². The van der Waals surface area contributed by atoms with E-state index >= 15 is 0 Å². The van der Waals surface area contributed by atoms with Crippen molar-refractivity contribution < 1.29 is 41.4 Å². The van der Waals surface area contributed by atoms with Gasteiger partial charge < -0.3 is 14.2 Å². The number of methoxy groups -OCH3 is 3. The van der Waals surface area contributed by atoms with Gasteiger partial charge in [0.05, 0.1) is 38.0 Å². The molecular formula is C26H21BrF4N4O5. The minimum atomic E-state index is -3.11. The maximum Gasteiger partial charge on any atom is 0.357 e. The van der Waals surface area contributed by atoms with E-state index in [1.807, 2.05) is 0 Å². The monoisotopic (exact) mass is 624 g/mol. The van der Waals surface area contributed by atoms with Crippen LogP contribution in [0.2, 0.25) is 0 Å². The fourth-order valence-electron chi connectivity index (χ4n) is 4.11. The number of hydrogen-bond acceptors (Lipinski definition) is 7. The van der Waals surface area contributed by atoms with Crippen molar-refractivity contribution >= 4 is 27.9 Å². The van der Waals surface area contributed by atoms with Gasteiger partial charge in [-0.2, -0.15) is 10.2 Å². The van der Waals surface area contributed by atoms with Crippen molar-refractivity contribution in [3.63, 3.8) is 0 Å². The number of esters is 2. The van der Waals surface area contributed by atoms with E-state index in [0.29, 0.717) is 5.69 Å². The van der Waals surface area contributed by atoms with E-state index in [0.717, 1.165) is 18.9 Å². The molecule has 0 N–H and O–H groups in total. The summed E-state index contributed by atoms with van der Waals surface area (Å²) in [5.41, 5.74) is -0.992. The van der Waals surface area contributed by atoms with Crippen LogP contribution in [0.25, 0.3) is 16.9 Å². The third-order valence-electron chi connectivity index (χ3n) is 5.90. The zero-order chi connectivity index (χ0) is 29.1. The topological polar surface area (TPSA) is 97.5 Å². The van der Waals surface area contributed by atoms with Gasteiger partial charge in [0.2, 0.25) is 0 Å². The average molecular weight is 625 g/mol. The number of rotatable bonds is 9. The van der Waals surface area contributed by atoms with Gasteiger partial charge in [0.25, 0.3) is 12.9 Å². The normalized spacial score (nSPS) is 11.2. The quantitative estimate of drug-likeness (QED) is 0.166.